The van der Waals surface area contributed by atoms with Gasteiger partial charge in [0.1, 0.15) is 0 Å². The minimum atomic E-state index is 0.234. The maximum absolute atomic E-state index is 4.65. The summed E-state index contributed by atoms with van der Waals surface area (Å²) in [6, 6.07) is 26.1. The van der Waals surface area contributed by atoms with E-state index in [2.05, 4.69) is 93.6 Å². The molecule has 0 fully saturated rings. The van der Waals surface area contributed by atoms with Crippen molar-refractivity contribution in [1.29, 1.82) is 0 Å². The number of para-hydroxylation sites is 4. The second-order valence-electron chi connectivity index (χ2n) is 7.76. The van der Waals surface area contributed by atoms with Gasteiger partial charge in [-0.15, -0.1) is 0 Å². The van der Waals surface area contributed by atoms with Crippen LogP contribution in [-0.4, -0.2) is 19.1 Å². The predicted octanol–water partition coefficient (Wildman–Crippen LogP) is 6.38. The molecule has 0 spiro atoms. The van der Waals surface area contributed by atoms with E-state index >= 15 is 0 Å². The van der Waals surface area contributed by atoms with E-state index in [0.29, 0.717) is 0 Å². The average Bonchev–Trinajstić information content (AvgIpc) is 3.41. The molecule has 5 rings (SSSR count). The topological polar surface area (TPSA) is 35.6 Å². The van der Waals surface area contributed by atoms with Crippen molar-refractivity contribution in [3.05, 3.63) is 96.6 Å². The molecule has 0 saturated heterocycles. The maximum atomic E-state index is 4.65. The number of hydrogen-bond donors (Lipinski definition) is 0. The van der Waals surface area contributed by atoms with Crippen molar-refractivity contribution in [2.75, 3.05) is 0 Å². The van der Waals surface area contributed by atoms with E-state index in [1.54, 1.807) is 0 Å². The zero-order valence-electron chi connectivity index (χ0n) is 17.4. The summed E-state index contributed by atoms with van der Waals surface area (Å²) in [5.41, 5.74) is 7.16. The van der Waals surface area contributed by atoms with E-state index in [4.69, 9.17) is 0 Å². The summed E-state index contributed by atoms with van der Waals surface area (Å²) in [4.78, 5) is 9.29. The Hall–Kier alpha value is -3.40. The van der Waals surface area contributed by atoms with E-state index < -0.39 is 0 Å². The Labute approximate surface area is 176 Å². The second-order valence-corrected chi connectivity index (χ2v) is 7.76. The molecule has 2 unspecified atom stereocenters. The molecule has 0 bridgehead atoms. The highest BCUT2D eigenvalue weighted by molar-refractivity contribution is 5.76. The van der Waals surface area contributed by atoms with Crippen molar-refractivity contribution in [2.45, 2.75) is 38.8 Å². The number of hydrogen-bond acceptors (Lipinski definition) is 2. The maximum Gasteiger partial charge on any atom is 0.0964 e. The molecule has 2 atom stereocenters. The first-order valence-electron chi connectivity index (χ1n) is 10.7. The van der Waals surface area contributed by atoms with Gasteiger partial charge in [-0.1, -0.05) is 62.4 Å². The largest absolute Gasteiger partial charge is 0.323 e. The van der Waals surface area contributed by atoms with Gasteiger partial charge in [0.15, 0.2) is 0 Å². The third-order valence-corrected chi connectivity index (χ3v) is 6.12. The highest BCUT2D eigenvalue weighted by Gasteiger charge is 2.23. The SMILES string of the molecule is CCC(c1ccccc1C(CC)n1cnc2ccccc21)n1cnc2ccccc21. The number of benzene rings is 3. The first-order valence-corrected chi connectivity index (χ1v) is 10.7. The molecule has 2 aromatic heterocycles. The Kier molecular flexibility index (Phi) is 4.83. The zero-order valence-corrected chi connectivity index (χ0v) is 17.4. The van der Waals surface area contributed by atoms with Crippen LogP contribution in [0.15, 0.2) is 85.5 Å². The minimum Gasteiger partial charge on any atom is -0.323 e. The Bertz CT molecular complexity index is 1200. The van der Waals surface area contributed by atoms with Crippen LogP contribution in [0.2, 0.25) is 0 Å². The predicted molar refractivity (Wildman–Crippen MR) is 123 cm³/mol. The van der Waals surface area contributed by atoms with Gasteiger partial charge in [0, 0.05) is 0 Å². The van der Waals surface area contributed by atoms with Crippen LogP contribution in [0.1, 0.15) is 49.9 Å². The summed E-state index contributed by atoms with van der Waals surface area (Å²) in [6.07, 6.45) is 5.98. The van der Waals surface area contributed by atoms with Crippen LogP contribution in [0, 0.1) is 0 Å². The summed E-state index contributed by atoms with van der Waals surface area (Å²) in [5, 5.41) is 0. The van der Waals surface area contributed by atoms with Crippen molar-refractivity contribution in [3.8, 4) is 0 Å². The van der Waals surface area contributed by atoms with Crippen molar-refractivity contribution in [1.82, 2.24) is 19.1 Å². The molecular weight excluding hydrogens is 368 g/mol. The molecule has 5 aromatic rings. The molecule has 0 aliphatic carbocycles. The molecule has 150 valence electrons. The standard InChI is InChI=1S/C26H26N4/c1-3-23(29-17-27-21-13-7-9-15-25(21)29)19-11-5-6-12-20(19)24(4-2)30-18-28-22-14-8-10-16-26(22)30/h5-18,23-24H,3-4H2,1-2H3. The lowest BCUT2D eigenvalue weighted by molar-refractivity contribution is 0.536. The number of imidazole rings is 2. The smallest absolute Gasteiger partial charge is 0.0964 e. The Morgan fingerprint density at radius 1 is 0.600 bits per heavy atom. The number of aromatic nitrogens is 4. The van der Waals surface area contributed by atoms with E-state index in [1.807, 2.05) is 24.8 Å². The molecule has 0 N–H and O–H groups in total. The van der Waals surface area contributed by atoms with Crippen LogP contribution >= 0.6 is 0 Å². The first kappa shape index (κ1) is 18.6. The summed E-state index contributed by atoms with van der Waals surface area (Å²) in [6.45, 7) is 4.51. The van der Waals surface area contributed by atoms with Crippen molar-refractivity contribution >= 4 is 22.1 Å². The molecule has 4 heteroatoms. The molecule has 0 radical (unpaired) electrons. The fourth-order valence-electron chi connectivity index (χ4n) is 4.70. The average molecular weight is 395 g/mol. The van der Waals surface area contributed by atoms with Crippen LogP contribution in [0.25, 0.3) is 22.1 Å². The van der Waals surface area contributed by atoms with E-state index in [0.717, 1.165) is 23.9 Å². The Morgan fingerprint density at radius 2 is 1.00 bits per heavy atom. The van der Waals surface area contributed by atoms with Crippen LogP contribution in [0.3, 0.4) is 0 Å². The fraction of sp³-hybridized carbons (Fsp3) is 0.231. The molecule has 2 heterocycles. The molecule has 4 nitrogen and oxygen atoms in total. The van der Waals surface area contributed by atoms with E-state index in [9.17, 15) is 0 Å². The lowest BCUT2D eigenvalue weighted by Gasteiger charge is -2.26. The van der Waals surface area contributed by atoms with Crippen molar-refractivity contribution in [2.24, 2.45) is 0 Å². The number of nitrogens with zero attached hydrogens (tertiary/aromatic N) is 4. The molecule has 3 aromatic carbocycles. The summed E-state index contributed by atoms with van der Waals surface area (Å²) in [5.74, 6) is 0. The highest BCUT2D eigenvalue weighted by atomic mass is 15.1. The van der Waals surface area contributed by atoms with Crippen LogP contribution in [0.5, 0.6) is 0 Å². The monoisotopic (exact) mass is 394 g/mol. The highest BCUT2D eigenvalue weighted by Crippen LogP contribution is 2.35. The third kappa shape index (κ3) is 3.00. The summed E-state index contributed by atoms with van der Waals surface area (Å²) in [7, 11) is 0. The third-order valence-electron chi connectivity index (χ3n) is 6.12. The Morgan fingerprint density at radius 3 is 1.43 bits per heavy atom. The van der Waals surface area contributed by atoms with Gasteiger partial charge in [-0.25, -0.2) is 9.97 Å². The Balaban J connectivity index is 1.66. The molecule has 0 amide bonds. The van der Waals surface area contributed by atoms with Gasteiger partial charge in [-0.2, -0.15) is 0 Å². The van der Waals surface area contributed by atoms with Gasteiger partial charge >= 0.3 is 0 Å². The molecule has 0 aliphatic rings. The molecule has 0 saturated carbocycles. The number of rotatable bonds is 6. The van der Waals surface area contributed by atoms with E-state index in [-0.39, 0.29) is 12.1 Å². The molecule has 0 aliphatic heterocycles. The van der Waals surface area contributed by atoms with E-state index in [1.165, 1.54) is 22.2 Å². The van der Waals surface area contributed by atoms with Gasteiger partial charge in [-0.3, -0.25) is 0 Å². The molecular formula is C26H26N4. The lowest BCUT2D eigenvalue weighted by Crippen LogP contribution is -2.16. The lowest BCUT2D eigenvalue weighted by atomic mass is 9.92. The fourth-order valence-corrected chi connectivity index (χ4v) is 4.70. The van der Waals surface area contributed by atoms with Gasteiger partial charge in [-0.05, 0) is 48.2 Å². The van der Waals surface area contributed by atoms with Crippen molar-refractivity contribution in [3.63, 3.8) is 0 Å². The number of fused-ring (bicyclic) bond motifs is 2. The summed E-state index contributed by atoms with van der Waals surface area (Å²) < 4.78 is 4.65. The van der Waals surface area contributed by atoms with Gasteiger partial charge in [0.25, 0.3) is 0 Å². The van der Waals surface area contributed by atoms with Crippen molar-refractivity contribution < 1.29 is 0 Å². The van der Waals surface area contributed by atoms with Crippen LogP contribution in [0.4, 0.5) is 0 Å². The van der Waals surface area contributed by atoms with Gasteiger partial charge < -0.3 is 9.13 Å². The summed E-state index contributed by atoms with van der Waals surface area (Å²) >= 11 is 0. The van der Waals surface area contributed by atoms with Gasteiger partial charge in [0.2, 0.25) is 0 Å². The first-order chi connectivity index (χ1) is 14.8. The normalized spacial score (nSPS) is 13.7. The molecule has 30 heavy (non-hydrogen) atoms. The van der Waals surface area contributed by atoms with Crippen LogP contribution < -0.4 is 0 Å². The zero-order chi connectivity index (χ0) is 20.5. The van der Waals surface area contributed by atoms with Crippen LogP contribution in [-0.2, 0) is 0 Å². The minimum absolute atomic E-state index is 0.234. The van der Waals surface area contributed by atoms with Gasteiger partial charge in [0.05, 0.1) is 46.8 Å². The quantitative estimate of drug-likeness (QED) is 0.335. The second kappa shape index (κ2) is 7.79.